The van der Waals surface area contributed by atoms with E-state index in [2.05, 4.69) is 5.32 Å². The number of rotatable bonds is 5. The summed E-state index contributed by atoms with van der Waals surface area (Å²) in [5, 5.41) is 3.33. The van der Waals surface area contributed by atoms with Crippen LogP contribution in [0.5, 0.6) is 0 Å². The van der Waals surface area contributed by atoms with Crippen LogP contribution in [0.25, 0.3) is 0 Å². The average Bonchev–Trinajstić information content (AvgIpc) is 2.48. The van der Waals surface area contributed by atoms with Crippen molar-refractivity contribution in [2.45, 2.75) is 32.2 Å². The van der Waals surface area contributed by atoms with Crippen LogP contribution in [0.1, 0.15) is 31.2 Å². The smallest absolute Gasteiger partial charge is 0.222 e. The van der Waals surface area contributed by atoms with Crippen LogP contribution in [0, 0.1) is 17.6 Å². The van der Waals surface area contributed by atoms with Crippen molar-refractivity contribution in [1.29, 1.82) is 0 Å². The molecule has 0 saturated carbocycles. The van der Waals surface area contributed by atoms with Crippen molar-refractivity contribution in [2.24, 2.45) is 5.92 Å². The monoisotopic (exact) mass is 296 g/mol. The van der Waals surface area contributed by atoms with Gasteiger partial charge >= 0.3 is 0 Å². The van der Waals surface area contributed by atoms with Gasteiger partial charge in [0.05, 0.1) is 0 Å². The molecule has 1 aromatic carbocycles. The summed E-state index contributed by atoms with van der Waals surface area (Å²) in [5.74, 6) is -0.649. The summed E-state index contributed by atoms with van der Waals surface area (Å²) in [4.78, 5) is 13.6. The van der Waals surface area contributed by atoms with E-state index < -0.39 is 11.6 Å². The molecule has 1 aromatic rings. The standard InChI is InChI=1S/C16H22F2N2O/c1-20(11-13-5-6-14(17)9-15(13)18)16(21)7-4-12-3-2-8-19-10-12/h5-6,9,12,19H,2-4,7-8,10-11H2,1H3. The fourth-order valence-corrected chi connectivity index (χ4v) is 2.68. The number of carbonyl (C=O) groups is 1. The number of carbonyl (C=O) groups excluding carboxylic acids is 1. The van der Waals surface area contributed by atoms with Crippen molar-refractivity contribution in [3.05, 3.63) is 35.4 Å². The van der Waals surface area contributed by atoms with E-state index in [-0.39, 0.29) is 12.5 Å². The number of nitrogens with one attached hydrogen (secondary N) is 1. The first-order valence-corrected chi connectivity index (χ1v) is 7.45. The molecule has 5 heteroatoms. The topological polar surface area (TPSA) is 32.3 Å². The highest BCUT2D eigenvalue weighted by Gasteiger charge is 2.17. The molecule has 1 aliphatic rings. The van der Waals surface area contributed by atoms with Crippen molar-refractivity contribution in [1.82, 2.24) is 10.2 Å². The molecule has 1 saturated heterocycles. The Balaban J connectivity index is 1.81. The molecule has 1 N–H and O–H groups in total. The maximum absolute atomic E-state index is 13.6. The summed E-state index contributed by atoms with van der Waals surface area (Å²) in [6, 6.07) is 3.45. The van der Waals surface area contributed by atoms with E-state index in [0.717, 1.165) is 38.4 Å². The van der Waals surface area contributed by atoms with E-state index in [0.29, 0.717) is 17.9 Å². The highest BCUT2D eigenvalue weighted by Crippen LogP contribution is 2.17. The van der Waals surface area contributed by atoms with Gasteiger partial charge in [0, 0.05) is 31.6 Å². The lowest BCUT2D eigenvalue weighted by Gasteiger charge is -2.24. The maximum atomic E-state index is 13.6. The summed E-state index contributed by atoms with van der Waals surface area (Å²) in [5.41, 5.74) is 0.339. The summed E-state index contributed by atoms with van der Waals surface area (Å²) < 4.78 is 26.4. The number of piperidine rings is 1. The molecule has 3 nitrogen and oxygen atoms in total. The lowest BCUT2D eigenvalue weighted by Crippen LogP contribution is -2.31. The Hall–Kier alpha value is -1.49. The molecule has 1 atom stereocenters. The number of hydrogen-bond donors (Lipinski definition) is 1. The Kier molecular flexibility index (Phi) is 5.67. The van der Waals surface area contributed by atoms with E-state index in [1.54, 1.807) is 7.05 Å². The fourth-order valence-electron chi connectivity index (χ4n) is 2.68. The molecule has 0 bridgehead atoms. The molecule has 0 spiro atoms. The van der Waals surface area contributed by atoms with Gasteiger partial charge in [-0.1, -0.05) is 6.07 Å². The van der Waals surface area contributed by atoms with Gasteiger partial charge < -0.3 is 10.2 Å². The minimum atomic E-state index is -0.605. The minimum absolute atomic E-state index is 0.00398. The first kappa shape index (κ1) is 15.9. The van der Waals surface area contributed by atoms with Gasteiger partial charge in [-0.25, -0.2) is 8.78 Å². The van der Waals surface area contributed by atoms with E-state index in [4.69, 9.17) is 0 Å². The van der Waals surface area contributed by atoms with Gasteiger partial charge in [0.25, 0.3) is 0 Å². The third kappa shape index (κ3) is 4.77. The van der Waals surface area contributed by atoms with Crippen LogP contribution in [-0.4, -0.2) is 30.9 Å². The fraction of sp³-hybridized carbons (Fsp3) is 0.562. The van der Waals surface area contributed by atoms with Gasteiger partial charge in [-0.3, -0.25) is 4.79 Å². The Morgan fingerprint density at radius 2 is 2.24 bits per heavy atom. The molecule has 0 aliphatic carbocycles. The van der Waals surface area contributed by atoms with Crippen LogP contribution < -0.4 is 5.32 Å². The second-order valence-electron chi connectivity index (χ2n) is 5.74. The van der Waals surface area contributed by atoms with Crippen LogP contribution >= 0.6 is 0 Å². The first-order chi connectivity index (χ1) is 10.1. The lowest BCUT2D eigenvalue weighted by molar-refractivity contribution is -0.130. The van der Waals surface area contributed by atoms with E-state index >= 15 is 0 Å². The second kappa shape index (κ2) is 7.50. The summed E-state index contributed by atoms with van der Waals surface area (Å²) in [7, 11) is 1.66. The molecule has 1 aliphatic heterocycles. The normalized spacial score (nSPS) is 18.5. The molecular formula is C16H22F2N2O. The van der Waals surface area contributed by atoms with E-state index in [9.17, 15) is 13.6 Å². The number of halogens is 2. The minimum Gasteiger partial charge on any atom is -0.341 e. The van der Waals surface area contributed by atoms with Gasteiger partial charge in [0.2, 0.25) is 5.91 Å². The molecule has 2 rings (SSSR count). The van der Waals surface area contributed by atoms with E-state index in [1.807, 2.05) is 0 Å². The Morgan fingerprint density at radius 3 is 2.90 bits per heavy atom. The number of hydrogen-bond acceptors (Lipinski definition) is 2. The van der Waals surface area contributed by atoms with Crippen LogP contribution in [0.2, 0.25) is 0 Å². The predicted molar refractivity (Wildman–Crippen MR) is 77.7 cm³/mol. The number of amides is 1. The molecule has 1 unspecified atom stereocenters. The Morgan fingerprint density at radius 1 is 1.43 bits per heavy atom. The molecule has 21 heavy (non-hydrogen) atoms. The zero-order chi connectivity index (χ0) is 15.2. The molecule has 1 heterocycles. The summed E-state index contributed by atoms with van der Waals surface area (Å²) in [6.07, 6.45) is 3.67. The molecule has 116 valence electrons. The van der Waals surface area contributed by atoms with Crippen molar-refractivity contribution >= 4 is 5.91 Å². The quantitative estimate of drug-likeness (QED) is 0.906. The van der Waals surface area contributed by atoms with Gasteiger partial charge in [-0.2, -0.15) is 0 Å². The predicted octanol–water partition coefficient (Wildman–Crippen LogP) is 2.70. The average molecular weight is 296 g/mol. The Bertz CT molecular complexity index is 487. The third-order valence-corrected chi connectivity index (χ3v) is 4.01. The molecule has 0 aromatic heterocycles. The summed E-state index contributed by atoms with van der Waals surface area (Å²) in [6.45, 7) is 2.21. The molecular weight excluding hydrogens is 274 g/mol. The van der Waals surface area contributed by atoms with Crippen LogP contribution in [0.15, 0.2) is 18.2 Å². The van der Waals surface area contributed by atoms with Gasteiger partial charge in [-0.05, 0) is 44.3 Å². The number of nitrogens with zero attached hydrogens (tertiary/aromatic N) is 1. The zero-order valence-corrected chi connectivity index (χ0v) is 12.4. The van der Waals surface area contributed by atoms with Crippen LogP contribution in [0.3, 0.4) is 0 Å². The lowest BCUT2D eigenvalue weighted by atomic mass is 9.94. The second-order valence-corrected chi connectivity index (χ2v) is 5.74. The first-order valence-electron chi connectivity index (χ1n) is 7.45. The van der Waals surface area contributed by atoms with Crippen molar-refractivity contribution < 1.29 is 13.6 Å². The van der Waals surface area contributed by atoms with Crippen LogP contribution in [0.4, 0.5) is 8.78 Å². The highest BCUT2D eigenvalue weighted by atomic mass is 19.1. The van der Waals surface area contributed by atoms with Gasteiger partial charge in [-0.15, -0.1) is 0 Å². The van der Waals surface area contributed by atoms with Gasteiger partial charge in [0.1, 0.15) is 11.6 Å². The largest absolute Gasteiger partial charge is 0.341 e. The van der Waals surface area contributed by atoms with Crippen molar-refractivity contribution in [2.75, 3.05) is 20.1 Å². The van der Waals surface area contributed by atoms with Crippen molar-refractivity contribution in [3.63, 3.8) is 0 Å². The van der Waals surface area contributed by atoms with Gasteiger partial charge in [0.15, 0.2) is 0 Å². The molecule has 0 radical (unpaired) electrons. The highest BCUT2D eigenvalue weighted by molar-refractivity contribution is 5.75. The zero-order valence-electron chi connectivity index (χ0n) is 12.4. The maximum Gasteiger partial charge on any atom is 0.222 e. The summed E-state index contributed by atoms with van der Waals surface area (Å²) >= 11 is 0. The van der Waals surface area contributed by atoms with Crippen molar-refractivity contribution in [3.8, 4) is 0 Å². The molecule has 1 amide bonds. The number of benzene rings is 1. The third-order valence-electron chi connectivity index (χ3n) is 4.01. The SMILES string of the molecule is CN(Cc1ccc(F)cc1F)C(=O)CCC1CCCNC1. The van der Waals surface area contributed by atoms with E-state index in [1.165, 1.54) is 17.0 Å². The molecule has 1 fully saturated rings. The van der Waals surface area contributed by atoms with Crippen LogP contribution in [-0.2, 0) is 11.3 Å². The Labute approximate surface area is 124 Å².